The zero-order chi connectivity index (χ0) is 27.1. The van der Waals surface area contributed by atoms with Gasteiger partial charge in [-0.1, -0.05) is 19.4 Å². The van der Waals surface area contributed by atoms with E-state index in [-0.39, 0.29) is 42.0 Å². The second kappa shape index (κ2) is 10.5. The summed E-state index contributed by atoms with van der Waals surface area (Å²) in [6.07, 6.45) is 10.00. The van der Waals surface area contributed by atoms with Crippen molar-refractivity contribution in [1.29, 1.82) is 0 Å². The molecule has 1 aliphatic heterocycles. The average Bonchev–Trinajstić information content (AvgIpc) is 3.51. The van der Waals surface area contributed by atoms with E-state index in [0.29, 0.717) is 37.8 Å². The number of Topliss-reactive ketones (excluding diaryl/α,β-unsaturated/α-hetero) is 1. The lowest BCUT2D eigenvalue weighted by Gasteiger charge is -2.58. The fraction of sp³-hybridized carbons (Fsp3) is 0.800. The number of ketones is 2. The maximum Gasteiger partial charge on any atom is 0.306 e. The molecule has 2 N–H and O–H groups in total. The summed E-state index contributed by atoms with van der Waals surface area (Å²) < 4.78 is 10.7. The normalized spacial score (nSPS) is 40.0. The number of amides is 1. The zero-order valence-corrected chi connectivity index (χ0v) is 22.9. The molecule has 5 rings (SSSR count). The summed E-state index contributed by atoms with van der Waals surface area (Å²) in [5, 5.41) is 14.5. The Morgan fingerprint density at radius 1 is 1.05 bits per heavy atom. The first kappa shape index (κ1) is 27.5. The Morgan fingerprint density at radius 2 is 1.84 bits per heavy atom. The molecule has 3 saturated carbocycles. The highest BCUT2D eigenvalue weighted by molar-refractivity contribution is 5.92. The lowest BCUT2D eigenvalue weighted by atomic mass is 9.46. The predicted molar refractivity (Wildman–Crippen MR) is 139 cm³/mol. The number of ether oxygens (including phenoxy) is 2. The third-order valence-corrected chi connectivity index (χ3v) is 11.0. The van der Waals surface area contributed by atoms with Gasteiger partial charge in [-0.2, -0.15) is 0 Å². The van der Waals surface area contributed by atoms with E-state index in [2.05, 4.69) is 19.2 Å². The fourth-order valence-corrected chi connectivity index (χ4v) is 8.71. The van der Waals surface area contributed by atoms with Crippen LogP contribution in [-0.4, -0.2) is 60.0 Å². The van der Waals surface area contributed by atoms with Crippen molar-refractivity contribution in [3.63, 3.8) is 0 Å². The third kappa shape index (κ3) is 4.76. The van der Waals surface area contributed by atoms with Gasteiger partial charge in [-0.3, -0.25) is 19.2 Å². The van der Waals surface area contributed by atoms with Crippen LogP contribution in [0.2, 0.25) is 0 Å². The van der Waals surface area contributed by atoms with E-state index in [1.165, 1.54) is 5.57 Å². The summed E-state index contributed by atoms with van der Waals surface area (Å²) >= 11 is 0. The minimum absolute atomic E-state index is 0.00628. The quantitative estimate of drug-likeness (QED) is 0.462. The van der Waals surface area contributed by atoms with Gasteiger partial charge in [-0.15, -0.1) is 0 Å². The van der Waals surface area contributed by atoms with Gasteiger partial charge < -0.3 is 19.9 Å². The number of aliphatic hydroxyl groups is 1. The van der Waals surface area contributed by atoms with Crippen molar-refractivity contribution in [1.82, 2.24) is 5.32 Å². The number of carbonyl (C=O) groups is 4. The van der Waals surface area contributed by atoms with Gasteiger partial charge in [0.05, 0.1) is 12.5 Å². The first-order valence-corrected chi connectivity index (χ1v) is 14.6. The molecule has 8 nitrogen and oxygen atoms in total. The first-order valence-electron chi connectivity index (χ1n) is 14.6. The number of rotatable bonds is 8. The van der Waals surface area contributed by atoms with Crippen molar-refractivity contribution in [2.45, 2.75) is 103 Å². The lowest BCUT2D eigenvalue weighted by Crippen LogP contribution is -2.58. The summed E-state index contributed by atoms with van der Waals surface area (Å²) in [6.45, 7) is 5.07. The minimum atomic E-state index is -1.51. The van der Waals surface area contributed by atoms with Crippen LogP contribution in [0.25, 0.3) is 0 Å². The van der Waals surface area contributed by atoms with E-state index >= 15 is 0 Å². The maximum absolute atomic E-state index is 13.3. The molecule has 4 fully saturated rings. The Bertz CT molecular complexity index is 1020. The van der Waals surface area contributed by atoms with Gasteiger partial charge in [-0.25, -0.2) is 0 Å². The van der Waals surface area contributed by atoms with Gasteiger partial charge in [-0.05, 0) is 87.0 Å². The summed E-state index contributed by atoms with van der Waals surface area (Å²) in [6, 6.07) is 0. The number of hydrogen-bond donors (Lipinski definition) is 2. The molecule has 0 aromatic rings. The smallest absolute Gasteiger partial charge is 0.306 e. The average molecular weight is 530 g/mol. The molecule has 8 heteroatoms. The SMILES string of the molecule is CC12CCC(=O)C=C1CCC1C2CCC2(C)C1CCC2(O)C(=O)COC(=O)CCC(=O)NCC1CCCO1. The van der Waals surface area contributed by atoms with E-state index in [0.717, 1.165) is 51.4 Å². The van der Waals surface area contributed by atoms with Crippen LogP contribution in [-0.2, 0) is 28.7 Å². The van der Waals surface area contributed by atoms with Crippen molar-refractivity contribution in [2.75, 3.05) is 19.8 Å². The van der Waals surface area contributed by atoms with Gasteiger partial charge in [0.15, 0.2) is 12.4 Å². The number of nitrogens with one attached hydrogen (secondary N) is 1. The number of esters is 1. The van der Waals surface area contributed by atoms with Crippen molar-refractivity contribution >= 4 is 23.4 Å². The van der Waals surface area contributed by atoms with E-state index in [1.807, 2.05) is 6.08 Å². The molecular formula is C30H43NO7. The van der Waals surface area contributed by atoms with Crippen LogP contribution >= 0.6 is 0 Å². The predicted octanol–water partition coefficient (Wildman–Crippen LogP) is 3.44. The molecule has 0 aromatic carbocycles. The summed E-state index contributed by atoms with van der Waals surface area (Å²) in [5.41, 5.74) is -0.729. The molecular weight excluding hydrogens is 486 g/mol. The van der Waals surface area contributed by atoms with Crippen LogP contribution < -0.4 is 5.32 Å². The van der Waals surface area contributed by atoms with Crippen molar-refractivity contribution in [2.24, 2.45) is 28.6 Å². The second-order valence-electron chi connectivity index (χ2n) is 12.8. The Kier molecular flexibility index (Phi) is 7.59. The Morgan fingerprint density at radius 3 is 2.61 bits per heavy atom. The number of allylic oxidation sites excluding steroid dienone is 1. The molecule has 7 unspecified atom stereocenters. The Hall–Kier alpha value is -2.06. The maximum atomic E-state index is 13.3. The molecule has 38 heavy (non-hydrogen) atoms. The minimum Gasteiger partial charge on any atom is -0.458 e. The van der Waals surface area contributed by atoms with Gasteiger partial charge >= 0.3 is 5.97 Å². The largest absolute Gasteiger partial charge is 0.458 e. The second-order valence-corrected chi connectivity index (χ2v) is 12.8. The molecule has 0 spiro atoms. The molecule has 7 atom stereocenters. The van der Waals surface area contributed by atoms with Crippen LogP contribution in [0.4, 0.5) is 0 Å². The van der Waals surface area contributed by atoms with Crippen molar-refractivity contribution in [3.05, 3.63) is 11.6 Å². The van der Waals surface area contributed by atoms with Crippen LogP contribution in [0, 0.1) is 28.6 Å². The molecule has 1 amide bonds. The highest BCUT2D eigenvalue weighted by atomic mass is 16.5. The van der Waals surface area contributed by atoms with Gasteiger partial charge in [0, 0.05) is 31.4 Å². The van der Waals surface area contributed by atoms with Crippen LogP contribution in [0.5, 0.6) is 0 Å². The number of hydrogen-bond acceptors (Lipinski definition) is 7. The fourth-order valence-electron chi connectivity index (χ4n) is 8.71. The lowest BCUT2D eigenvalue weighted by molar-refractivity contribution is -0.170. The first-order chi connectivity index (χ1) is 18.1. The molecule has 0 aromatic heterocycles. The van der Waals surface area contributed by atoms with Crippen molar-refractivity contribution < 1.29 is 33.8 Å². The van der Waals surface area contributed by atoms with E-state index < -0.39 is 29.4 Å². The van der Waals surface area contributed by atoms with Gasteiger partial charge in [0.1, 0.15) is 5.60 Å². The Labute approximate surface area is 225 Å². The summed E-state index contributed by atoms with van der Waals surface area (Å²) in [7, 11) is 0. The van der Waals surface area contributed by atoms with E-state index in [4.69, 9.17) is 9.47 Å². The van der Waals surface area contributed by atoms with Gasteiger partial charge in [0.2, 0.25) is 11.7 Å². The summed E-state index contributed by atoms with van der Waals surface area (Å²) in [4.78, 5) is 49.7. The van der Waals surface area contributed by atoms with E-state index in [1.54, 1.807) is 0 Å². The standard InChI is InChI=1S/C30H43NO7/c1-28-12-9-20(32)16-19(28)5-6-22-23(28)10-13-29(2)24(22)11-14-30(29,36)25(33)18-38-27(35)8-7-26(34)31-17-21-4-3-15-37-21/h16,21-24,36H,3-15,17-18H2,1-2H3,(H,31,34). The molecule has 0 bridgehead atoms. The molecule has 210 valence electrons. The zero-order valence-electron chi connectivity index (χ0n) is 22.9. The van der Waals surface area contributed by atoms with Crippen molar-refractivity contribution in [3.8, 4) is 0 Å². The highest BCUT2D eigenvalue weighted by Crippen LogP contribution is 2.67. The Balaban J connectivity index is 1.15. The summed E-state index contributed by atoms with van der Waals surface area (Å²) in [5.74, 6) is 0.0801. The monoisotopic (exact) mass is 529 g/mol. The molecule has 1 heterocycles. The third-order valence-electron chi connectivity index (χ3n) is 11.0. The number of carbonyl (C=O) groups excluding carboxylic acids is 4. The highest BCUT2D eigenvalue weighted by Gasteiger charge is 2.66. The van der Waals surface area contributed by atoms with Gasteiger partial charge in [0.25, 0.3) is 0 Å². The molecule has 5 aliphatic rings. The van der Waals surface area contributed by atoms with Crippen LogP contribution in [0.15, 0.2) is 11.6 Å². The molecule has 4 aliphatic carbocycles. The van der Waals surface area contributed by atoms with E-state index in [9.17, 15) is 24.3 Å². The number of fused-ring (bicyclic) bond motifs is 5. The van der Waals surface area contributed by atoms with Crippen LogP contribution in [0.3, 0.4) is 0 Å². The van der Waals surface area contributed by atoms with Crippen LogP contribution in [0.1, 0.15) is 90.9 Å². The topological polar surface area (TPSA) is 119 Å². The molecule has 1 saturated heterocycles. The molecule has 0 radical (unpaired) electrons.